The molecule has 0 bridgehead atoms. The second-order valence-corrected chi connectivity index (χ2v) is 7.20. The van der Waals surface area contributed by atoms with Crippen LogP contribution >= 0.6 is 0 Å². The van der Waals surface area contributed by atoms with Gasteiger partial charge in [0.15, 0.2) is 9.84 Å². The van der Waals surface area contributed by atoms with Crippen LogP contribution in [0.3, 0.4) is 0 Å². The molecule has 0 spiro atoms. The lowest BCUT2D eigenvalue weighted by Crippen LogP contribution is -2.39. The molecule has 100 valence electrons. The van der Waals surface area contributed by atoms with Crippen LogP contribution in [0.1, 0.15) is 30.7 Å². The third-order valence-electron chi connectivity index (χ3n) is 3.38. The predicted molar refractivity (Wildman–Crippen MR) is 69.9 cm³/mol. The van der Waals surface area contributed by atoms with Crippen LogP contribution in [0.4, 0.5) is 0 Å². The zero-order valence-electron chi connectivity index (χ0n) is 10.8. The molecule has 2 atom stereocenters. The number of sulfone groups is 1. The molecular weight excluding hydrogens is 250 g/mol. The summed E-state index contributed by atoms with van der Waals surface area (Å²) in [5.74, 6) is 0. The Morgan fingerprint density at radius 2 is 2.11 bits per heavy atom. The van der Waals surface area contributed by atoms with E-state index in [2.05, 4.69) is 15.3 Å². The van der Waals surface area contributed by atoms with Crippen molar-refractivity contribution < 1.29 is 8.42 Å². The van der Waals surface area contributed by atoms with E-state index in [1.807, 2.05) is 6.92 Å². The third-order valence-corrected chi connectivity index (χ3v) is 5.05. The molecule has 1 aromatic heterocycles. The molecule has 18 heavy (non-hydrogen) atoms. The molecule has 0 aliphatic heterocycles. The van der Waals surface area contributed by atoms with Crippen LogP contribution in [-0.4, -0.2) is 35.9 Å². The lowest BCUT2D eigenvalue weighted by molar-refractivity contribution is 0.503. The Morgan fingerprint density at radius 1 is 1.33 bits per heavy atom. The van der Waals surface area contributed by atoms with Crippen LogP contribution in [0.5, 0.6) is 0 Å². The summed E-state index contributed by atoms with van der Waals surface area (Å²) >= 11 is 0. The monoisotopic (exact) mass is 269 g/mol. The highest BCUT2D eigenvalue weighted by molar-refractivity contribution is 7.91. The Morgan fingerprint density at radius 3 is 2.72 bits per heavy atom. The van der Waals surface area contributed by atoms with Gasteiger partial charge in [-0.1, -0.05) is 6.42 Å². The largest absolute Gasteiger partial charge is 0.307 e. The molecule has 5 nitrogen and oxygen atoms in total. The van der Waals surface area contributed by atoms with E-state index >= 15 is 0 Å². The van der Waals surface area contributed by atoms with Gasteiger partial charge in [0.25, 0.3) is 0 Å². The molecule has 1 fully saturated rings. The first kappa shape index (κ1) is 13.4. The number of hydrogen-bond acceptors (Lipinski definition) is 5. The first-order valence-corrected chi connectivity index (χ1v) is 8.12. The zero-order chi connectivity index (χ0) is 13.2. The van der Waals surface area contributed by atoms with E-state index in [1.165, 1.54) is 6.26 Å². The maximum absolute atomic E-state index is 11.6. The number of rotatable bonds is 4. The van der Waals surface area contributed by atoms with Crippen LogP contribution in [0.2, 0.25) is 0 Å². The molecule has 2 unspecified atom stereocenters. The minimum atomic E-state index is -2.96. The van der Waals surface area contributed by atoms with Crippen molar-refractivity contribution in [2.24, 2.45) is 0 Å². The van der Waals surface area contributed by atoms with Gasteiger partial charge in [-0.15, -0.1) is 0 Å². The Bertz CT molecular complexity index is 499. The topological polar surface area (TPSA) is 72.0 Å². The van der Waals surface area contributed by atoms with Gasteiger partial charge in [-0.3, -0.25) is 9.97 Å². The number of hydrogen-bond donors (Lipinski definition) is 1. The summed E-state index contributed by atoms with van der Waals surface area (Å²) in [5, 5.41) is 3.04. The molecule has 0 saturated heterocycles. The molecule has 1 aliphatic rings. The van der Waals surface area contributed by atoms with E-state index in [0.29, 0.717) is 6.54 Å². The molecule has 1 aromatic rings. The Balaban J connectivity index is 1.96. The van der Waals surface area contributed by atoms with Crippen molar-refractivity contribution in [3.63, 3.8) is 0 Å². The molecule has 0 radical (unpaired) electrons. The number of aryl methyl sites for hydroxylation is 1. The van der Waals surface area contributed by atoms with E-state index in [0.717, 1.165) is 30.7 Å². The van der Waals surface area contributed by atoms with Gasteiger partial charge in [0.1, 0.15) is 0 Å². The van der Waals surface area contributed by atoms with Gasteiger partial charge in [0.05, 0.1) is 16.6 Å². The minimum Gasteiger partial charge on any atom is -0.307 e. The molecular formula is C12H19N3O2S. The quantitative estimate of drug-likeness (QED) is 0.877. The highest BCUT2D eigenvalue weighted by Gasteiger charge is 2.34. The van der Waals surface area contributed by atoms with E-state index in [9.17, 15) is 8.42 Å². The van der Waals surface area contributed by atoms with Crippen LogP contribution in [0.15, 0.2) is 12.4 Å². The van der Waals surface area contributed by atoms with Gasteiger partial charge >= 0.3 is 0 Å². The van der Waals surface area contributed by atoms with Gasteiger partial charge in [0.2, 0.25) is 0 Å². The van der Waals surface area contributed by atoms with Crippen molar-refractivity contribution >= 4 is 9.84 Å². The first-order chi connectivity index (χ1) is 8.47. The molecule has 2 rings (SSSR count). The fourth-order valence-corrected chi connectivity index (χ4v) is 3.84. The molecule has 0 aromatic carbocycles. The molecule has 1 heterocycles. The summed E-state index contributed by atoms with van der Waals surface area (Å²) in [5.41, 5.74) is 1.73. The molecule has 1 aliphatic carbocycles. The normalized spacial score (nSPS) is 24.3. The van der Waals surface area contributed by atoms with Crippen molar-refractivity contribution in [1.82, 2.24) is 15.3 Å². The lowest BCUT2D eigenvalue weighted by atomic mass is 10.2. The van der Waals surface area contributed by atoms with E-state index in [-0.39, 0.29) is 11.3 Å². The van der Waals surface area contributed by atoms with Crippen molar-refractivity contribution in [3.8, 4) is 0 Å². The van der Waals surface area contributed by atoms with Gasteiger partial charge in [-0.25, -0.2) is 8.42 Å². The Labute approximate surface area is 108 Å². The summed E-state index contributed by atoms with van der Waals surface area (Å²) in [6.07, 6.45) is 7.41. The maximum atomic E-state index is 11.6. The molecule has 1 N–H and O–H groups in total. The highest BCUT2D eigenvalue weighted by atomic mass is 32.2. The fourth-order valence-electron chi connectivity index (χ4n) is 2.42. The number of nitrogens with zero attached hydrogens (tertiary/aromatic N) is 2. The summed E-state index contributed by atoms with van der Waals surface area (Å²) in [7, 11) is -2.96. The Hall–Kier alpha value is -1.01. The number of nitrogens with one attached hydrogen (secondary N) is 1. The summed E-state index contributed by atoms with van der Waals surface area (Å²) < 4.78 is 23.3. The summed E-state index contributed by atoms with van der Waals surface area (Å²) in [4.78, 5) is 8.42. The molecule has 1 saturated carbocycles. The van der Waals surface area contributed by atoms with Gasteiger partial charge < -0.3 is 5.32 Å². The smallest absolute Gasteiger partial charge is 0.151 e. The van der Waals surface area contributed by atoms with Crippen LogP contribution in [0, 0.1) is 6.92 Å². The second-order valence-electron chi connectivity index (χ2n) is 4.94. The van der Waals surface area contributed by atoms with E-state index < -0.39 is 9.84 Å². The molecule has 0 amide bonds. The highest BCUT2D eigenvalue weighted by Crippen LogP contribution is 2.25. The van der Waals surface area contributed by atoms with Gasteiger partial charge in [-0.2, -0.15) is 0 Å². The van der Waals surface area contributed by atoms with Crippen LogP contribution in [-0.2, 0) is 16.4 Å². The average molecular weight is 269 g/mol. The summed E-state index contributed by atoms with van der Waals surface area (Å²) in [6, 6.07) is 0.0445. The lowest BCUT2D eigenvalue weighted by Gasteiger charge is -2.19. The van der Waals surface area contributed by atoms with E-state index in [1.54, 1.807) is 12.4 Å². The van der Waals surface area contributed by atoms with Crippen LogP contribution < -0.4 is 5.32 Å². The second kappa shape index (κ2) is 5.32. The van der Waals surface area contributed by atoms with Crippen molar-refractivity contribution in [1.29, 1.82) is 0 Å². The minimum absolute atomic E-state index is 0.0445. The van der Waals surface area contributed by atoms with Crippen molar-refractivity contribution in [2.75, 3.05) is 6.26 Å². The van der Waals surface area contributed by atoms with Gasteiger partial charge in [0, 0.05) is 31.2 Å². The van der Waals surface area contributed by atoms with E-state index in [4.69, 9.17) is 0 Å². The van der Waals surface area contributed by atoms with Crippen LogP contribution in [0.25, 0.3) is 0 Å². The number of aromatic nitrogens is 2. The Kier molecular flexibility index (Phi) is 3.97. The van der Waals surface area contributed by atoms with Crippen molar-refractivity contribution in [3.05, 3.63) is 23.8 Å². The predicted octanol–water partition coefficient (Wildman–Crippen LogP) is 0.840. The SMILES string of the molecule is Cc1cnc(CNC2CCCC2S(C)(=O)=O)cn1. The maximum Gasteiger partial charge on any atom is 0.151 e. The average Bonchev–Trinajstić information content (AvgIpc) is 2.76. The first-order valence-electron chi connectivity index (χ1n) is 6.16. The van der Waals surface area contributed by atoms with Gasteiger partial charge in [-0.05, 0) is 19.8 Å². The summed E-state index contributed by atoms with van der Waals surface area (Å²) in [6.45, 7) is 2.46. The standard InChI is InChI=1S/C12H19N3O2S/c1-9-6-14-10(7-13-9)8-15-11-4-3-5-12(11)18(2,16)17/h6-7,11-12,15H,3-5,8H2,1-2H3. The zero-order valence-corrected chi connectivity index (χ0v) is 11.6. The molecule has 6 heteroatoms. The van der Waals surface area contributed by atoms with Crippen molar-refractivity contribution in [2.45, 2.75) is 44.0 Å². The third kappa shape index (κ3) is 3.26. The fraction of sp³-hybridized carbons (Fsp3) is 0.667.